The molecule has 2 aromatic rings. The standard InChI is InChI=1S/C21H22N2O2/c24-20(17-9-10-17)22-13-15-5-7-18(8-6-15)21(25)23-12-11-16-3-1-2-4-19(16)14-23/h1-8,17H,9-14H2,(H,22,24). The van der Waals surface area contributed by atoms with Crippen molar-refractivity contribution in [1.82, 2.24) is 10.2 Å². The summed E-state index contributed by atoms with van der Waals surface area (Å²) >= 11 is 0. The number of fused-ring (bicyclic) bond motifs is 1. The van der Waals surface area contributed by atoms with E-state index in [1.807, 2.05) is 35.2 Å². The Morgan fingerprint density at radius 3 is 2.44 bits per heavy atom. The Kier molecular flexibility index (Phi) is 4.26. The van der Waals surface area contributed by atoms with Crippen LogP contribution in [0.1, 0.15) is 39.9 Å². The van der Waals surface area contributed by atoms with E-state index in [1.54, 1.807) is 0 Å². The Labute approximate surface area is 147 Å². The zero-order valence-electron chi connectivity index (χ0n) is 14.2. The fourth-order valence-corrected chi connectivity index (χ4v) is 3.30. The van der Waals surface area contributed by atoms with E-state index in [9.17, 15) is 9.59 Å². The van der Waals surface area contributed by atoms with Crippen molar-refractivity contribution in [2.45, 2.75) is 32.4 Å². The van der Waals surface area contributed by atoms with Gasteiger partial charge in [0, 0.05) is 31.1 Å². The average Bonchev–Trinajstić information content (AvgIpc) is 3.51. The third kappa shape index (κ3) is 3.58. The van der Waals surface area contributed by atoms with Gasteiger partial charge in [0.2, 0.25) is 5.91 Å². The highest BCUT2D eigenvalue weighted by Crippen LogP contribution is 2.28. The second-order valence-corrected chi connectivity index (χ2v) is 6.93. The average molecular weight is 334 g/mol. The summed E-state index contributed by atoms with van der Waals surface area (Å²) in [6.45, 7) is 1.96. The Bertz CT molecular complexity index is 794. The molecule has 0 unspecified atom stereocenters. The van der Waals surface area contributed by atoms with Crippen LogP contribution in [0.5, 0.6) is 0 Å². The normalized spacial score (nSPS) is 16.2. The van der Waals surface area contributed by atoms with Crippen LogP contribution in [0.2, 0.25) is 0 Å². The quantitative estimate of drug-likeness (QED) is 0.935. The molecule has 1 fully saturated rings. The van der Waals surface area contributed by atoms with Crippen molar-refractivity contribution in [1.29, 1.82) is 0 Å². The Hall–Kier alpha value is -2.62. The highest BCUT2D eigenvalue weighted by molar-refractivity contribution is 5.94. The first-order chi connectivity index (χ1) is 12.2. The third-order valence-corrected chi connectivity index (χ3v) is 5.03. The molecule has 0 spiro atoms. The lowest BCUT2D eigenvalue weighted by molar-refractivity contribution is -0.122. The minimum Gasteiger partial charge on any atom is -0.352 e. The molecule has 1 saturated carbocycles. The summed E-state index contributed by atoms with van der Waals surface area (Å²) in [6, 6.07) is 15.9. The van der Waals surface area contributed by atoms with Crippen LogP contribution in [0.25, 0.3) is 0 Å². The first kappa shape index (κ1) is 15.9. The van der Waals surface area contributed by atoms with Gasteiger partial charge in [0.05, 0.1) is 0 Å². The fourth-order valence-electron chi connectivity index (χ4n) is 3.30. The number of hydrogen-bond donors (Lipinski definition) is 1. The maximum atomic E-state index is 12.7. The molecule has 2 amide bonds. The Morgan fingerprint density at radius 1 is 1.00 bits per heavy atom. The van der Waals surface area contributed by atoms with E-state index in [1.165, 1.54) is 11.1 Å². The molecule has 128 valence electrons. The van der Waals surface area contributed by atoms with Crippen molar-refractivity contribution in [3.63, 3.8) is 0 Å². The number of amides is 2. The van der Waals surface area contributed by atoms with Gasteiger partial charge in [0.15, 0.2) is 0 Å². The summed E-state index contributed by atoms with van der Waals surface area (Å²) in [4.78, 5) is 26.3. The lowest BCUT2D eigenvalue weighted by Crippen LogP contribution is -2.35. The molecular formula is C21H22N2O2. The van der Waals surface area contributed by atoms with Gasteiger partial charge in [-0.25, -0.2) is 0 Å². The molecule has 0 atom stereocenters. The van der Waals surface area contributed by atoms with Gasteiger partial charge in [0.1, 0.15) is 0 Å². The molecule has 0 aromatic heterocycles. The molecule has 1 N–H and O–H groups in total. The summed E-state index contributed by atoms with van der Waals surface area (Å²) in [6.07, 6.45) is 2.93. The maximum absolute atomic E-state index is 12.7. The van der Waals surface area contributed by atoms with Gasteiger partial charge in [-0.15, -0.1) is 0 Å². The number of nitrogens with one attached hydrogen (secondary N) is 1. The van der Waals surface area contributed by atoms with E-state index in [2.05, 4.69) is 23.5 Å². The maximum Gasteiger partial charge on any atom is 0.254 e. The van der Waals surface area contributed by atoms with Crippen LogP contribution < -0.4 is 5.32 Å². The largest absolute Gasteiger partial charge is 0.352 e. The molecule has 1 heterocycles. The van der Waals surface area contributed by atoms with Crippen molar-refractivity contribution in [3.8, 4) is 0 Å². The zero-order chi connectivity index (χ0) is 17.2. The van der Waals surface area contributed by atoms with E-state index in [-0.39, 0.29) is 17.7 Å². The molecule has 4 heteroatoms. The van der Waals surface area contributed by atoms with Gasteiger partial charge in [-0.05, 0) is 48.1 Å². The number of nitrogens with zero attached hydrogens (tertiary/aromatic N) is 1. The topological polar surface area (TPSA) is 49.4 Å². The molecule has 1 aliphatic heterocycles. The van der Waals surface area contributed by atoms with E-state index in [0.717, 1.165) is 31.4 Å². The van der Waals surface area contributed by atoms with Crippen molar-refractivity contribution in [2.24, 2.45) is 5.92 Å². The van der Waals surface area contributed by atoms with Crippen LogP contribution >= 0.6 is 0 Å². The molecule has 2 aliphatic rings. The molecule has 4 nitrogen and oxygen atoms in total. The van der Waals surface area contributed by atoms with Crippen LogP contribution in [-0.2, 0) is 24.3 Å². The molecule has 1 aliphatic carbocycles. The van der Waals surface area contributed by atoms with Crippen molar-refractivity contribution in [3.05, 3.63) is 70.8 Å². The first-order valence-electron chi connectivity index (χ1n) is 8.93. The van der Waals surface area contributed by atoms with Crippen LogP contribution in [0.3, 0.4) is 0 Å². The van der Waals surface area contributed by atoms with Gasteiger partial charge in [-0.1, -0.05) is 36.4 Å². The molecule has 0 saturated heterocycles. The minimum atomic E-state index is 0.0723. The molecular weight excluding hydrogens is 312 g/mol. The van der Waals surface area contributed by atoms with Gasteiger partial charge >= 0.3 is 0 Å². The van der Waals surface area contributed by atoms with Crippen LogP contribution in [-0.4, -0.2) is 23.3 Å². The lowest BCUT2D eigenvalue weighted by atomic mass is 9.99. The van der Waals surface area contributed by atoms with Gasteiger partial charge in [-0.3, -0.25) is 9.59 Å². The Balaban J connectivity index is 1.38. The fraction of sp³-hybridized carbons (Fsp3) is 0.333. The summed E-state index contributed by atoms with van der Waals surface area (Å²) in [5.74, 6) is 0.443. The van der Waals surface area contributed by atoms with Crippen LogP contribution in [0.15, 0.2) is 48.5 Å². The second-order valence-electron chi connectivity index (χ2n) is 6.93. The summed E-state index contributed by atoms with van der Waals surface area (Å²) in [5, 5.41) is 2.95. The van der Waals surface area contributed by atoms with E-state index < -0.39 is 0 Å². The smallest absolute Gasteiger partial charge is 0.254 e. The summed E-state index contributed by atoms with van der Waals surface area (Å²) in [5.41, 5.74) is 4.31. The highest BCUT2D eigenvalue weighted by atomic mass is 16.2. The van der Waals surface area contributed by atoms with Crippen LogP contribution in [0, 0.1) is 5.92 Å². The summed E-state index contributed by atoms with van der Waals surface area (Å²) < 4.78 is 0. The zero-order valence-corrected chi connectivity index (χ0v) is 14.2. The molecule has 25 heavy (non-hydrogen) atoms. The van der Waals surface area contributed by atoms with Crippen molar-refractivity contribution in [2.75, 3.05) is 6.54 Å². The first-order valence-corrected chi connectivity index (χ1v) is 8.93. The van der Waals surface area contributed by atoms with E-state index in [0.29, 0.717) is 18.7 Å². The number of carbonyl (C=O) groups is 2. The predicted octanol–water partition coefficient (Wildman–Crippen LogP) is 2.91. The molecule has 2 aromatic carbocycles. The highest BCUT2D eigenvalue weighted by Gasteiger charge is 2.29. The second kappa shape index (κ2) is 6.71. The van der Waals surface area contributed by atoms with Crippen molar-refractivity contribution < 1.29 is 9.59 Å². The third-order valence-electron chi connectivity index (χ3n) is 5.03. The predicted molar refractivity (Wildman–Crippen MR) is 95.9 cm³/mol. The number of hydrogen-bond acceptors (Lipinski definition) is 2. The molecule has 0 bridgehead atoms. The van der Waals surface area contributed by atoms with E-state index >= 15 is 0 Å². The SMILES string of the molecule is O=C(NCc1ccc(C(=O)N2CCc3ccccc3C2)cc1)C1CC1. The number of rotatable bonds is 4. The molecule has 4 rings (SSSR count). The molecule has 0 radical (unpaired) electrons. The van der Waals surface area contributed by atoms with Gasteiger partial charge < -0.3 is 10.2 Å². The Morgan fingerprint density at radius 2 is 1.72 bits per heavy atom. The van der Waals surface area contributed by atoms with E-state index in [4.69, 9.17) is 0 Å². The van der Waals surface area contributed by atoms with Gasteiger partial charge in [0.25, 0.3) is 5.91 Å². The summed E-state index contributed by atoms with van der Waals surface area (Å²) in [7, 11) is 0. The van der Waals surface area contributed by atoms with Gasteiger partial charge in [-0.2, -0.15) is 0 Å². The lowest BCUT2D eigenvalue weighted by Gasteiger charge is -2.29. The minimum absolute atomic E-state index is 0.0723. The number of carbonyl (C=O) groups excluding carboxylic acids is 2. The van der Waals surface area contributed by atoms with Crippen LogP contribution in [0.4, 0.5) is 0 Å². The van der Waals surface area contributed by atoms with Crippen molar-refractivity contribution >= 4 is 11.8 Å². The number of benzene rings is 2. The monoisotopic (exact) mass is 334 g/mol.